The van der Waals surface area contributed by atoms with Gasteiger partial charge in [-0.15, -0.1) is 0 Å². The van der Waals surface area contributed by atoms with E-state index >= 15 is 0 Å². The third kappa shape index (κ3) is 4.97. The second kappa shape index (κ2) is 9.57. The van der Waals surface area contributed by atoms with Gasteiger partial charge >= 0.3 is 11.9 Å². The molecular formula is C22H24O5. The lowest BCUT2D eigenvalue weighted by Gasteiger charge is -2.13. The maximum atomic E-state index is 12.7. The van der Waals surface area contributed by atoms with Crippen LogP contribution in [0.3, 0.4) is 0 Å². The van der Waals surface area contributed by atoms with Gasteiger partial charge in [0.25, 0.3) is 0 Å². The van der Waals surface area contributed by atoms with E-state index in [1.807, 2.05) is 50.3 Å². The first kappa shape index (κ1) is 20.2. The van der Waals surface area contributed by atoms with E-state index in [2.05, 4.69) is 0 Å². The number of carbonyl (C=O) groups excluding carboxylic acids is 2. The van der Waals surface area contributed by atoms with Crippen molar-refractivity contribution in [1.29, 1.82) is 0 Å². The summed E-state index contributed by atoms with van der Waals surface area (Å²) in [4.78, 5) is 24.8. The zero-order valence-corrected chi connectivity index (χ0v) is 15.8. The van der Waals surface area contributed by atoms with Crippen LogP contribution in [0, 0.1) is 0 Å². The molecule has 1 N–H and O–H groups in total. The summed E-state index contributed by atoms with van der Waals surface area (Å²) >= 11 is 0. The van der Waals surface area contributed by atoms with E-state index in [1.165, 1.54) is 0 Å². The predicted molar refractivity (Wildman–Crippen MR) is 105 cm³/mol. The molecule has 142 valence electrons. The Labute approximate surface area is 158 Å². The molecule has 0 heterocycles. The van der Waals surface area contributed by atoms with Crippen LogP contribution >= 0.6 is 0 Å². The standard InChI is InChI=1S/C22H24O5/c1-4-15(3)13-14-27-21(24)19(20(23)22(25)26-5-2)18-12-8-10-16-9-6-7-11-17(16)18/h4,6-12,23H,5,13-14H2,1-3H3/b15-4+,20-19-. The average molecular weight is 368 g/mol. The first-order valence-electron chi connectivity index (χ1n) is 8.87. The van der Waals surface area contributed by atoms with Gasteiger partial charge in [-0.2, -0.15) is 0 Å². The molecule has 5 nitrogen and oxygen atoms in total. The van der Waals surface area contributed by atoms with Crippen LogP contribution in [0.1, 0.15) is 32.8 Å². The molecule has 2 rings (SSSR count). The Morgan fingerprint density at radius 2 is 1.74 bits per heavy atom. The average Bonchev–Trinajstić information content (AvgIpc) is 2.68. The number of aliphatic hydroxyl groups excluding tert-OH is 1. The van der Waals surface area contributed by atoms with Crippen molar-refractivity contribution in [2.24, 2.45) is 0 Å². The Morgan fingerprint density at radius 3 is 2.44 bits per heavy atom. The van der Waals surface area contributed by atoms with Gasteiger partial charge < -0.3 is 14.6 Å². The molecule has 0 aliphatic rings. The molecule has 0 saturated carbocycles. The van der Waals surface area contributed by atoms with Crippen LogP contribution < -0.4 is 0 Å². The van der Waals surface area contributed by atoms with Gasteiger partial charge in [-0.1, -0.05) is 54.1 Å². The van der Waals surface area contributed by atoms with Crippen LogP contribution in [-0.2, 0) is 19.1 Å². The number of hydrogen-bond donors (Lipinski definition) is 1. The number of ether oxygens (including phenoxy) is 2. The molecule has 0 unspecified atom stereocenters. The van der Waals surface area contributed by atoms with Crippen LogP contribution in [0.5, 0.6) is 0 Å². The number of esters is 2. The number of allylic oxidation sites excluding steroid dienone is 1. The summed E-state index contributed by atoms with van der Waals surface area (Å²) in [6.07, 6.45) is 2.51. The molecule has 0 aromatic heterocycles. The zero-order chi connectivity index (χ0) is 19.8. The maximum Gasteiger partial charge on any atom is 0.374 e. The molecule has 2 aromatic carbocycles. The fourth-order valence-corrected chi connectivity index (χ4v) is 2.60. The summed E-state index contributed by atoms with van der Waals surface area (Å²) in [5, 5.41) is 12.0. The topological polar surface area (TPSA) is 72.8 Å². The van der Waals surface area contributed by atoms with Crippen molar-refractivity contribution in [3.05, 3.63) is 65.4 Å². The first-order valence-corrected chi connectivity index (χ1v) is 8.87. The van der Waals surface area contributed by atoms with Crippen LogP contribution in [0.25, 0.3) is 16.3 Å². The lowest BCUT2D eigenvalue weighted by atomic mass is 9.97. The Hall–Kier alpha value is -3.08. The van der Waals surface area contributed by atoms with Crippen LogP contribution in [0.15, 0.2) is 59.9 Å². The molecule has 5 heteroatoms. The Bertz CT molecular complexity index is 887. The van der Waals surface area contributed by atoms with E-state index in [0.717, 1.165) is 16.3 Å². The summed E-state index contributed by atoms with van der Waals surface area (Å²) in [6, 6.07) is 12.7. The Kier molecular flexibility index (Phi) is 7.17. The fourth-order valence-electron chi connectivity index (χ4n) is 2.60. The minimum atomic E-state index is -0.956. The van der Waals surface area contributed by atoms with E-state index in [1.54, 1.807) is 19.1 Å². The molecule has 0 saturated heterocycles. The molecule has 27 heavy (non-hydrogen) atoms. The number of rotatable bonds is 7. The SMILES string of the molecule is C/C=C(\C)CCOC(=O)/C(=C(\O)C(=O)OCC)c1cccc2ccccc12. The molecule has 0 aliphatic heterocycles. The summed E-state index contributed by atoms with van der Waals surface area (Å²) in [5.74, 6) is -2.47. The van der Waals surface area contributed by atoms with E-state index in [0.29, 0.717) is 12.0 Å². The molecule has 0 bridgehead atoms. The predicted octanol–water partition coefficient (Wildman–Crippen LogP) is 4.57. The van der Waals surface area contributed by atoms with Gasteiger partial charge in [-0.25, -0.2) is 9.59 Å². The molecule has 0 atom stereocenters. The number of carbonyl (C=O) groups is 2. The highest BCUT2D eigenvalue weighted by Gasteiger charge is 2.26. The largest absolute Gasteiger partial charge is 0.501 e. The summed E-state index contributed by atoms with van der Waals surface area (Å²) < 4.78 is 10.2. The highest BCUT2D eigenvalue weighted by atomic mass is 16.5. The number of fused-ring (bicyclic) bond motifs is 1. The highest BCUT2D eigenvalue weighted by Crippen LogP contribution is 2.28. The third-order valence-electron chi connectivity index (χ3n) is 4.19. The molecule has 0 radical (unpaired) electrons. The van der Waals surface area contributed by atoms with Gasteiger partial charge in [-0.3, -0.25) is 0 Å². The number of hydrogen-bond acceptors (Lipinski definition) is 5. The molecular weight excluding hydrogens is 344 g/mol. The minimum Gasteiger partial charge on any atom is -0.501 e. The van der Waals surface area contributed by atoms with Crippen LogP contribution in [0.2, 0.25) is 0 Å². The van der Waals surface area contributed by atoms with Gasteiger partial charge in [-0.05, 0) is 31.5 Å². The van der Waals surface area contributed by atoms with Crippen molar-refractivity contribution < 1.29 is 24.2 Å². The zero-order valence-electron chi connectivity index (χ0n) is 15.8. The van der Waals surface area contributed by atoms with Gasteiger partial charge in [0.05, 0.1) is 13.2 Å². The van der Waals surface area contributed by atoms with Crippen molar-refractivity contribution in [3.63, 3.8) is 0 Å². The molecule has 0 spiro atoms. The van der Waals surface area contributed by atoms with Crippen molar-refractivity contribution in [2.75, 3.05) is 13.2 Å². The normalized spacial score (nSPS) is 12.5. The summed E-state index contributed by atoms with van der Waals surface area (Å²) in [5.41, 5.74) is 1.31. The molecule has 0 fully saturated rings. The quantitative estimate of drug-likeness (QED) is 0.335. The monoisotopic (exact) mass is 368 g/mol. The van der Waals surface area contributed by atoms with Crippen LogP contribution in [-0.4, -0.2) is 30.3 Å². The van der Waals surface area contributed by atoms with Crippen molar-refractivity contribution in [1.82, 2.24) is 0 Å². The minimum absolute atomic E-state index is 0.0846. The van der Waals surface area contributed by atoms with Crippen molar-refractivity contribution >= 4 is 28.3 Å². The first-order chi connectivity index (χ1) is 13.0. The summed E-state index contributed by atoms with van der Waals surface area (Å²) in [7, 11) is 0. The molecule has 0 amide bonds. The maximum absolute atomic E-state index is 12.7. The smallest absolute Gasteiger partial charge is 0.374 e. The highest BCUT2D eigenvalue weighted by molar-refractivity contribution is 6.24. The van der Waals surface area contributed by atoms with E-state index < -0.39 is 17.7 Å². The van der Waals surface area contributed by atoms with Crippen LogP contribution in [0.4, 0.5) is 0 Å². The van der Waals surface area contributed by atoms with E-state index in [9.17, 15) is 14.7 Å². The van der Waals surface area contributed by atoms with E-state index in [4.69, 9.17) is 9.47 Å². The van der Waals surface area contributed by atoms with Gasteiger partial charge in [0.1, 0.15) is 5.57 Å². The lowest BCUT2D eigenvalue weighted by Crippen LogP contribution is -2.16. The second-order valence-corrected chi connectivity index (χ2v) is 5.99. The number of benzene rings is 2. The molecule has 2 aromatic rings. The Balaban J connectivity index is 2.48. The van der Waals surface area contributed by atoms with Gasteiger partial charge in [0, 0.05) is 12.0 Å². The summed E-state index contributed by atoms with van der Waals surface area (Å²) in [6.45, 7) is 5.71. The Morgan fingerprint density at radius 1 is 1.04 bits per heavy atom. The fraction of sp³-hybridized carbons (Fsp3) is 0.273. The van der Waals surface area contributed by atoms with Gasteiger partial charge in [0.15, 0.2) is 0 Å². The second-order valence-electron chi connectivity index (χ2n) is 5.99. The lowest BCUT2D eigenvalue weighted by molar-refractivity contribution is -0.143. The van der Waals surface area contributed by atoms with Crippen molar-refractivity contribution in [3.8, 4) is 0 Å². The van der Waals surface area contributed by atoms with Gasteiger partial charge in [0.2, 0.25) is 5.76 Å². The number of aliphatic hydroxyl groups is 1. The van der Waals surface area contributed by atoms with Crippen molar-refractivity contribution in [2.45, 2.75) is 27.2 Å². The third-order valence-corrected chi connectivity index (χ3v) is 4.19. The molecule has 0 aliphatic carbocycles. The van der Waals surface area contributed by atoms with E-state index in [-0.39, 0.29) is 18.8 Å².